The van der Waals surface area contributed by atoms with E-state index in [1.165, 1.54) is 5.57 Å². The predicted octanol–water partition coefficient (Wildman–Crippen LogP) is 4.85. The van der Waals surface area contributed by atoms with Crippen molar-refractivity contribution in [1.29, 1.82) is 0 Å². The Balaban J connectivity index is 1.59. The summed E-state index contributed by atoms with van der Waals surface area (Å²) in [5.41, 5.74) is -0.861. The number of hydrogen-bond donors (Lipinski definition) is 4. The average Bonchev–Trinajstić information content (AvgIpc) is 3.23. The summed E-state index contributed by atoms with van der Waals surface area (Å²) in [5, 5.41) is 45.1. The maximum absolute atomic E-state index is 11.8. The van der Waals surface area contributed by atoms with Crippen LogP contribution in [0, 0.1) is 45.3 Å². The fourth-order valence-electron chi connectivity index (χ4n) is 11.0. The van der Waals surface area contributed by atoms with Crippen molar-refractivity contribution in [3.05, 3.63) is 11.6 Å². The van der Waals surface area contributed by atoms with Crippen molar-refractivity contribution < 1.29 is 25.2 Å². The first-order valence-corrected chi connectivity index (χ1v) is 14.5. The second kappa shape index (κ2) is 7.81. The first kappa shape index (κ1) is 27.1. The largest absolute Gasteiger partial charge is 0.393 e. The van der Waals surface area contributed by atoms with Gasteiger partial charge in [-0.05, 0) is 92.8 Å². The summed E-state index contributed by atoms with van der Waals surface area (Å²) in [6.07, 6.45) is 5.57. The lowest BCUT2D eigenvalue weighted by molar-refractivity contribution is -0.191. The van der Waals surface area contributed by atoms with E-state index in [9.17, 15) is 20.4 Å². The Bertz CT molecular complexity index is 936. The highest BCUT2D eigenvalue weighted by Gasteiger charge is 2.73. The maximum Gasteiger partial charge on any atom is 0.0865 e. The molecule has 0 aromatic rings. The van der Waals surface area contributed by atoms with Crippen LogP contribution in [0.2, 0.25) is 0 Å². The number of allylic oxidation sites excluding steroid dienone is 2. The summed E-state index contributed by atoms with van der Waals surface area (Å²) in [6.45, 7) is 19.5. The van der Waals surface area contributed by atoms with Crippen LogP contribution in [0.4, 0.5) is 0 Å². The van der Waals surface area contributed by atoms with Gasteiger partial charge in [-0.25, -0.2) is 0 Å². The van der Waals surface area contributed by atoms with Gasteiger partial charge < -0.3 is 25.2 Å². The summed E-state index contributed by atoms with van der Waals surface area (Å²) < 4.78 is 6.67. The first-order valence-electron chi connectivity index (χ1n) is 14.5. The van der Waals surface area contributed by atoms with Crippen molar-refractivity contribution in [2.45, 2.75) is 136 Å². The van der Waals surface area contributed by atoms with Crippen molar-refractivity contribution in [1.82, 2.24) is 0 Å². The maximum atomic E-state index is 11.8. The SMILES string of the molecule is C[C@H]1C=C2C(C[C@H](O)C3C(C)(C)[C@@H](O)CC[C@]23C)[C@]2(C)C[C@H](O)[C@H]([C@@]3(C)CC[C@@H](C(C)(C)O)O3)[C@@]12C. The average molecular weight is 505 g/mol. The molecule has 3 saturated carbocycles. The van der Waals surface area contributed by atoms with Gasteiger partial charge in [0.2, 0.25) is 0 Å². The van der Waals surface area contributed by atoms with Crippen LogP contribution >= 0.6 is 0 Å². The highest BCUT2D eigenvalue weighted by molar-refractivity contribution is 5.36. The Kier molecular flexibility index (Phi) is 5.88. The minimum absolute atomic E-state index is 0.0155. The van der Waals surface area contributed by atoms with E-state index in [1.54, 1.807) is 0 Å². The zero-order chi connectivity index (χ0) is 26.9. The molecule has 0 radical (unpaired) electrons. The van der Waals surface area contributed by atoms with E-state index in [0.717, 1.165) is 25.7 Å². The minimum atomic E-state index is -0.911. The number of fused-ring (bicyclic) bond motifs is 5. The molecule has 2 unspecified atom stereocenters. The zero-order valence-electron chi connectivity index (χ0n) is 24.1. The highest BCUT2D eigenvalue weighted by atomic mass is 16.5. The van der Waals surface area contributed by atoms with Gasteiger partial charge in [0.15, 0.2) is 0 Å². The molecule has 36 heavy (non-hydrogen) atoms. The molecule has 5 aliphatic rings. The number of rotatable bonds is 2. The Morgan fingerprint density at radius 3 is 2.14 bits per heavy atom. The molecule has 1 aliphatic heterocycles. The molecule has 0 aromatic heterocycles. The summed E-state index contributed by atoms with van der Waals surface area (Å²) in [5.74, 6) is 0.389. The number of hydrogen-bond acceptors (Lipinski definition) is 5. The van der Waals surface area contributed by atoms with Gasteiger partial charge in [0, 0.05) is 11.8 Å². The molecule has 5 nitrogen and oxygen atoms in total. The lowest BCUT2D eigenvalue weighted by Crippen LogP contribution is -2.63. The highest BCUT2D eigenvalue weighted by Crippen LogP contribution is 2.75. The quantitative estimate of drug-likeness (QED) is 0.404. The van der Waals surface area contributed by atoms with Crippen molar-refractivity contribution in [3.8, 4) is 0 Å². The zero-order valence-corrected chi connectivity index (χ0v) is 24.1. The van der Waals surface area contributed by atoms with Crippen molar-refractivity contribution in [2.75, 3.05) is 0 Å². The minimum Gasteiger partial charge on any atom is -0.393 e. The Hall–Kier alpha value is -0.460. The van der Waals surface area contributed by atoms with Gasteiger partial charge >= 0.3 is 0 Å². The van der Waals surface area contributed by atoms with Gasteiger partial charge in [-0.2, -0.15) is 0 Å². The molecule has 1 saturated heterocycles. The standard InChI is InChI=1S/C31H52O5/c1-17-14-18-19(15-20(32)24-26(2,3)22(34)10-12-28(18,24)6)29(7)16-21(33)25(31(17,29)9)30(8)13-11-23(36-30)27(4,5)35/h14,17,19-25,32-35H,10-13,15-16H2,1-9H3/t17-,19?,20-,21-,22-,23-,24?,25+,28+,29-,30+,31+/m0/s1. The fourth-order valence-corrected chi connectivity index (χ4v) is 11.0. The van der Waals surface area contributed by atoms with Crippen LogP contribution in [0.3, 0.4) is 0 Å². The molecule has 5 heteroatoms. The van der Waals surface area contributed by atoms with Crippen LogP contribution in [0.5, 0.6) is 0 Å². The van der Waals surface area contributed by atoms with Gasteiger partial charge in [0.1, 0.15) is 0 Å². The molecule has 0 spiro atoms. The van der Waals surface area contributed by atoms with Gasteiger partial charge in [-0.1, -0.05) is 53.2 Å². The topological polar surface area (TPSA) is 90.2 Å². The molecule has 4 aliphatic carbocycles. The summed E-state index contributed by atoms with van der Waals surface area (Å²) >= 11 is 0. The Morgan fingerprint density at radius 1 is 0.917 bits per heavy atom. The van der Waals surface area contributed by atoms with Gasteiger partial charge in [-0.15, -0.1) is 0 Å². The van der Waals surface area contributed by atoms with E-state index in [0.29, 0.717) is 12.8 Å². The van der Waals surface area contributed by atoms with Crippen molar-refractivity contribution >= 4 is 0 Å². The summed E-state index contributed by atoms with van der Waals surface area (Å²) in [6, 6.07) is 0. The van der Waals surface area contributed by atoms with Crippen LogP contribution in [0.1, 0.15) is 101 Å². The monoisotopic (exact) mass is 504 g/mol. The smallest absolute Gasteiger partial charge is 0.0865 e. The van der Waals surface area contributed by atoms with E-state index in [-0.39, 0.29) is 51.4 Å². The van der Waals surface area contributed by atoms with E-state index >= 15 is 0 Å². The molecule has 4 fully saturated rings. The normalized spacial score (nSPS) is 56.5. The van der Waals surface area contributed by atoms with Crippen LogP contribution < -0.4 is 0 Å². The van der Waals surface area contributed by atoms with E-state index in [1.807, 2.05) is 13.8 Å². The second-order valence-corrected chi connectivity index (χ2v) is 15.6. The lowest BCUT2D eigenvalue weighted by Gasteiger charge is -2.66. The third-order valence-corrected chi connectivity index (χ3v) is 13.0. The summed E-state index contributed by atoms with van der Waals surface area (Å²) in [4.78, 5) is 0. The van der Waals surface area contributed by atoms with E-state index in [4.69, 9.17) is 4.74 Å². The molecular weight excluding hydrogens is 452 g/mol. The third kappa shape index (κ3) is 3.25. The third-order valence-electron chi connectivity index (χ3n) is 13.0. The van der Waals surface area contributed by atoms with Crippen LogP contribution in [0.15, 0.2) is 11.6 Å². The molecule has 1 heterocycles. The Morgan fingerprint density at radius 2 is 1.56 bits per heavy atom. The van der Waals surface area contributed by atoms with Crippen LogP contribution in [-0.2, 0) is 4.74 Å². The molecular formula is C31H52O5. The second-order valence-electron chi connectivity index (χ2n) is 15.6. The lowest BCUT2D eigenvalue weighted by atomic mass is 9.39. The van der Waals surface area contributed by atoms with Crippen LogP contribution in [-0.4, -0.2) is 56.0 Å². The number of aliphatic hydroxyl groups is 4. The van der Waals surface area contributed by atoms with Gasteiger partial charge in [0.25, 0.3) is 0 Å². The van der Waals surface area contributed by atoms with E-state index < -0.39 is 29.5 Å². The summed E-state index contributed by atoms with van der Waals surface area (Å²) in [7, 11) is 0. The van der Waals surface area contributed by atoms with Gasteiger partial charge in [-0.3, -0.25) is 0 Å². The van der Waals surface area contributed by atoms with Crippen LogP contribution in [0.25, 0.3) is 0 Å². The molecule has 0 bridgehead atoms. The van der Waals surface area contributed by atoms with E-state index in [2.05, 4.69) is 54.5 Å². The molecule has 4 N–H and O–H groups in total. The number of ether oxygens (including phenoxy) is 1. The molecule has 0 aromatic carbocycles. The predicted molar refractivity (Wildman–Crippen MR) is 141 cm³/mol. The molecule has 12 atom stereocenters. The van der Waals surface area contributed by atoms with Crippen molar-refractivity contribution in [3.63, 3.8) is 0 Å². The fraction of sp³-hybridized carbons (Fsp3) is 0.935. The molecule has 0 amide bonds. The molecule has 5 rings (SSSR count). The van der Waals surface area contributed by atoms with Crippen molar-refractivity contribution in [2.24, 2.45) is 45.3 Å². The molecule has 206 valence electrons. The number of aliphatic hydroxyl groups excluding tert-OH is 3. The first-order chi connectivity index (χ1) is 16.3. The van der Waals surface area contributed by atoms with Gasteiger partial charge in [0.05, 0.1) is 35.6 Å². The Labute approximate surface area is 218 Å².